The van der Waals surface area contributed by atoms with Gasteiger partial charge in [-0.25, -0.2) is 9.97 Å². The average Bonchev–Trinajstić information content (AvgIpc) is 3.49. The fourth-order valence-electron chi connectivity index (χ4n) is 3.23. The molecular weight excluding hydrogens is 418 g/mol. The molecule has 0 fully saturated rings. The lowest BCUT2D eigenvalue weighted by Gasteiger charge is -2.05. The van der Waals surface area contributed by atoms with E-state index in [-0.39, 0.29) is 5.78 Å². The van der Waals surface area contributed by atoms with Crippen molar-refractivity contribution in [3.8, 4) is 22.3 Å². The molecule has 30 heavy (non-hydrogen) atoms. The van der Waals surface area contributed by atoms with E-state index in [4.69, 9.17) is 9.15 Å². The first kappa shape index (κ1) is 20.4. The molecule has 4 rings (SSSR count). The highest BCUT2D eigenvalue weighted by Crippen LogP contribution is 2.25. The van der Waals surface area contributed by atoms with Gasteiger partial charge in [0.1, 0.15) is 12.0 Å². The number of ketones is 1. The number of carbonyl (C=O) groups is 1. The van der Waals surface area contributed by atoms with Crippen LogP contribution >= 0.6 is 23.1 Å². The smallest absolute Gasteiger partial charge is 0.226 e. The van der Waals surface area contributed by atoms with Crippen LogP contribution in [0.3, 0.4) is 0 Å². The molecule has 0 saturated carbocycles. The number of aromatic nitrogens is 3. The van der Waals surface area contributed by atoms with Gasteiger partial charge in [-0.15, -0.1) is 23.1 Å². The van der Waals surface area contributed by atoms with Crippen molar-refractivity contribution in [3.05, 3.63) is 70.8 Å². The van der Waals surface area contributed by atoms with Crippen LogP contribution < -0.4 is 4.74 Å². The molecule has 0 radical (unpaired) electrons. The maximum absolute atomic E-state index is 12.8. The molecular formula is C22H21N3O3S2. The van der Waals surface area contributed by atoms with Crippen LogP contribution in [0.5, 0.6) is 5.75 Å². The Bertz CT molecular complexity index is 1150. The number of aryl methyl sites for hydroxylation is 1. The van der Waals surface area contributed by atoms with E-state index in [1.54, 1.807) is 30.9 Å². The number of thioether (sulfide) groups is 1. The Kier molecular flexibility index (Phi) is 6.06. The van der Waals surface area contributed by atoms with Crippen LogP contribution in [-0.2, 0) is 5.75 Å². The minimum atomic E-state index is 0.106. The van der Waals surface area contributed by atoms with Gasteiger partial charge in [0.15, 0.2) is 10.9 Å². The van der Waals surface area contributed by atoms with Crippen LogP contribution in [0.2, 0.25) is 0 Å². The standard InChI is InChI=1S/C22H21N3O3S2/c1-14-10-19(15(2)25(14)22-23-8-9-30-22)20(26)13-29-12-17-11-28-21(24-17)16-4-6-18(27-3)7-5-16/h4-11H,12-13H2,1-3H3. The summed E-state index contributed by atoms with van der Waals surface area (Å²) in [6.45, 7) is 3.96. The van der Waals surface area contributed by atoms with Crippen molar-refractivity contribution in [2.45, 2.75) is 19.6 Å². The maximum Gasteiger partial charge on any atom is 0.226 e. The molecule has 0 N–H and O–H groups in total. The Labute approximate surface area is 182 Å². The van der Waals surface area contributed by atoms with Gasteiger partial charge in [-0.1, -0.05) is 0 Å². The second-order valence-corrected chi connectivity index (χ2v) is 8.58. The minimum Gasteiger partial charge on any atom is -0.497 e. The van der Waals surface area contributed by atoms with Crippen molar-refractivity contribution >= 4 is 28.9 Å². The first-order chi connectivity index (χ1) is 14.6. The van der Waals surface area contributed by atoms with E-state index in [9.17, 15) is 4.79 Å². The van der Waals surface area contributed by atoms with Crippen molar-refractivity contribution in [1.29, 1.82) is 0 Å². The van der Waals surface area contributed by atoms with Crippen LogP contribution in [0.4, 0.5) is 0 Å². The molecule has 0 spiro atoms. The molecule has 0 unspecified atom stereocenters. The molecule has 0 atom stereocenters. The monoisotopic (exact) mass is 439 g/mol. The zero-order chi connectivity index (χ0) is 21.1. The molecule has 154 valence electrons. The van der Waals surface area contributed by atoms with Crippen molar-refractivity contribution < 1.29 is 13.9 Å². The molecule has 0 bridgehead atoms. The largest absolute Gasteiger partial charge is 0.497 e. The minimum absolute atomic E-state index is 0.106. The molecule has 0 aliphatic carbocycles. The van der Waals surface area contributed by atoms with Crippen molar-refractivity contribution in [3.63, 3.8) is 0 Å². The Morgan fingerprint density at radius 2 is 2.07 bits per heavy atom. The Morgan fingerprint density at radius 3 is 2.77 bits per heavy atom. The first-order valence-electron chi connectivity index (χ1n) is 9.35. The van der Waals surface area contributed by atoms with Crippen LogP contribution in [-0.4, -0.2) is 33.2 Å². The van der Waals surface area contributed by atoms with Gasteiger partial charge in [0, 0.05) is 39.8 Å². The highest BCUT2D eigenvalue weighted by Gasteiger charge is 2.18. The van der Waals surface area contributed by atoms with Gasteiger partial charge in [-0.2, -0.15) is 0 Å². The van der Waals surface area contributed by atoms with E-state index in [1.165, 1.54) is 11.8 Å². The van der Waals surface area contributed by atoms with Crippen molar-refractivity contribution in [1.82, 2.24) is 14.5 Å². The van der Waals surface area contributed by atoms with E-state index in [0.717, 1.165) is 39.1 Å². The normalized spacial score (nSPS) is 11.0. The zero-order valence-corrected chi connectivity index (χ0v) is 18.5. The number of hydrogen-bond donors (Lipinski definition) is 0. The fraction of sp³-hybridized carbons (Fsp3) is 0.227. The lowest BCUT2D eigenvalue weighted by atomic mass is 10.2. The molecule has 1 aromatic carbocycles. The number of Topliss-reactive ketones (excluding diaryl/α,β-unsaturated/α-hetero) is 1. The lowest BCUT2D eigenvalue weighted by molar-refractivity contribution is 0.102. The van der Waals surface area contributed by atoms with Crippen LogP contribution in [0, 0.1) is 13.8 Å². The zero-order valence-electron chi connectivity index (χ0n) is 16.9. The molecule has 0 saturated heterocycles. The van der Waals surface area contributed by atoms with Crippen LogP contribution in [0.25, 0.3) is 16.6 Å². The number of thiazole rings is 1. The molecule has 4 aromatic rings. The van der Waals surface area contributed by atoms with Gasteiger partial charge in [0.25, 0.3) is 0 Å². The van der Waals surface area contributed by atoms with Gasteiger partial charge in [-0.05, 0) is 44.2 Å². The van der Waals surface area contributed by atoms with E-state index >= 15 is 0 Å². The van der Waals surface area contributed by atoms with E-state index < -0.39 is 0 Å². The maximum atomic E-state index is 12.8. The summed E-state index contributed by atoms with van der Waals surface area (Å²) in [5.41, 5.74) is 4.38. The molecule has 3 aromatic heterocycles. The third-order valence-corrected chi connectivity index (χ3v) is 6.44. The van der Waals surface area contributed by atoms with Gasteiger partial charge in [-0.3, -0.25) is 9.36 Å². The summed E-state index contributed by atoms with van der Waals surface area (Å²) < 4.78 is 12.8. The van der Waals surface area contributed by atoms with Crippen molar-refractivity contribution in [2.75, 3.05) is 12.9 Å². The summed E-state index contributed by atoms with van der Waals surface area (Å²) in [5, 5.41) is 2.81. The van der Waals surface area contributed by atoms with E-state index in [2.05, 4.69) is 9.97 Å². The highest BCUT2D eigenvalue weighted by molar-refractivity contribution is 7.99. The SMILES string of the molecule is COc1ccc(-c2nc(CSCC(=O)c3cc(C)n(-c4nccs4)c3C)co2)cc1. The van der Waals surface area contributed by atoms with Crippen LogP contribution in [0.15, 0.2) is 52.6 Å². The summed E-state index contributed by atoms with van der Waals surface area (Å²) >= 11 is 3.09. The summed E-state index contributed by atoms with van der Waals surface area (Å²) in [6.07, 6.45) is 3.42. The first-order valence-corrected chi connectivity index (χ1v) is 11.4. The molecule has 0 aliphatic heterocycles. The molecule has 8 heteroatoms. The van der Waals surface area contributed by atoms with Gasteiger partial charge in [0.05, 0.1) is 18.6 Å². The van der Waals surface area contributed by atoms with Crippen LogP contribution in [0.1, 0.15) is 27.4 Å². The number of benzene rings is 1. The van der Waals surface area contributed by atoms with Gasteiger partial charge >= 0.3 is 0 Å². The average molecular weight is 440 g/mol. The Morgan fingerprint density at radius 1 is 1.27 bits per heavy atom. The third-order valence-electron chi connectivity index (χ3n) is 4.71. The number of hydrogen-bond acceptors (Lipinski definition) is 7. The summed E-state index contributed by atoms with van der Waals surface area (Å²) in [6, 6.07) is 9.49. The lowest BCUT2D eigenvalue weighted by Crippen LogP contribution is -2.05. The molecule has 0 amide bonds. The summed E-state index contributed by atoms with van der Waals surface area (Å²) in [5.74, 6) is 2.44. The predicted octanol–water partition coefficient (Wildman–Crippen LogP) is 5.33. The van der Waals surface area contributed by atoms with E-state index in [0.29, 0.717) is 17.4 Å². The topological polar surface area (TPSA) is 70.2 Å². The Hall–Kier alpha value is -2.84. The Balaban J connectivity index is 1.37. The molecule has 3 heterocycles. The number of carbonyl (C=O) groups excluding carboxylic acids is 1. The number of oxazole rings is 1. The van der Waals surface area contributed by atoms with Gasteiger partial charge in [0.2, 0.25) is 5.89 Å². The highest BCUT2D eigenvalue weighted by atomic mass is 32.2. The third kappa shape index (κ3) is 4.20. The fourth-order valence-corrected chi connectivity index (χ4v) is 4.77. The second-order valence-electron chi connectivity index (χ2n) is 6.72. The molecule has 6 nitrogen and oxygen atoms in total. The quantitative estimate of drug-likeness (QED) is 0.346. The van der Waals surface area contributed by atoms with Crippen molar-refractivity contribution in [2.24, 2.45) is 0 Å². The number of rotatable bonds is 8. The number of nitrogens with zero attached hydrogens (tertiary/aromatic N) is 3. The summed E-state index contributed by atoms with van der Waals surface area (Å²) in [4.78, 5) is 21.7. The number of ether oxygens (including phenoxy) is 1. The van der Waals surface area contributed by atoms with Gasteiger partial charge < -0.3 is 9.15 Å². The predicted molar refractivity (Wildman–Crippen MR) is 120 cm³/mol. The second kappa shape index (κ2) is 8.89. The van der Waals surface area contributed by atoms with E-state index in [1.807, 2.05) is 54.1 Å². The molecule has 0 aliphatic rings. The summed E-state index contributed by atoms with van der Waals surface area (Å²) in [7, 11) is 1.63. The number of methoxy groups -OCH3 is 1.